The van der Waals surface area contributed by atoms with Gasteiger partial charge in [0.1, 0.15) is 0 Å². The highest BCUT2D eigenvalue weighted by Gasteiger charge is 2.33. The third-order valence-corrected chi connectivity index (χ3v) is 3.86. The zero-order valence-electron chi connectivity index (χ0n) is 7.75. The van der Waals surface area contributed by atoms with Crippen molar-refractivity contribution in [2.24, 2.45) is 5.92 Å². The quantitative estimate of drug-likeness (QED) is 0.575. The number of piperidine rings is 2. The summed E-state index contributed by atoms with van der Waals surface area (Å²) in [4.78, 5) is 3.69. The summed E-state index contributed by atoms with van der Waals surface area (Å²) in [6.45, 7) is 3.43. The Balaban J connectivity index is 2.03. The first kappa shape index (κ1) is 8.49. The number of rotatable bonds is 1. The van der Waals surface area contributed by atoms with Crippen molar-refractivity contribution < 1.29 is 0 Å². The van der Waals surface area contributed by atoms with E-state index in [1.54, 1.807) is 0 Å². The van der Waals surface area contributed by atoms with Crippen LogP contribution < -0.4 is 0 Å². The lowest BCUT2D eigenvalue weighted by molar-refractivity contribution is 0.110. The van der Waals surface area contributed by atoms with E-state index in [1.165, 1.54) is 37.2 Å². The molecule has 0 unspecified atom stereocenters. The second-order valence-corrected chi connectivity index (χ2v) is 4.55. The first-order chi connectivity index (χ1) is 5.81. The molecule has 1 aliphatic carbocycles. The zero-order chi connectivity index (χ0) is 8.55. The summed E-state index contributed by atoms with van der Waals surface area (Å²) >= 11 is 5.37. The second-order valence-electron chi connectivity index (χ2n) is 4.07. The molecule has 1 nitrogen and oxygen atoms in total. The minimum absolute atomic E-state index is 0.808. The van der Waals surface area contributed by atoms with Gasteiger partial charge in [-0.2, -0.15) is 0 Å². The van der Waals surface area contributed by atoms with E-state index in [-0.39, 0.29) is 0 Å². The van der Waals surface area contributed by atoms with Crippen molar-refractivity contribution in [2.75, 3.05) is 6.54 Å². The molecular weight excluding hydrogens is 166 g/mol. The summed E-state index contributed by atoms with van der Waals surface area (Å²) in [7, 11) is 0. The summed E-state index contributed by atoms with van der Waals surface area (Å²) in [6, 6.07) is 0.808. The van der Waals surface area contributed by atoms with Gasteiger partial charge in [-0.25, -0.2) is 0 Å². The second kappa shape index (κ2) is 3.33. The summed E-state index contributed by atoms with van der Waals surface area (Å²) in [5.74, 6) is 0.958. The van der Waals surface area contributed by atoms with Gasteiger partial charge in [0, 0.05) is 12.6 Å². The minimum atomic E-state index is 0.808. The predicted octanol–water partition coefficient (Wildman–Crippen LogP) is 2.60. The average molecular weight is 183 g/mol. The highest BCUT2D eigenvalue weighted by molar-refractivity contribution is 7.80. The van der Waals surface area contributed by atoms with Gasteiger partial charge >= 0.3 is 0 Å². The van der Waals surface area contributed by atoms with Gasteiger partial charge in [0.25, 0.3) is 0 Å². The van der Waals surface area contributed by atoms with E-state index in [1.807, 2.05) is 0 Å². The molecule has 0 aromatic carbocycles. The molecule has 0 atom stereocenters. The summed E-state index contributed by atoms with van der Waals surface area (Å²) < 4.78 is 0. The SMILES string of the molecule is CCC(=S)N1CC2CCC1CC2. The topological polar surface area (TPSA) is 3.24 Å². The molecule has 68 valence electrons. The van der Waals surface area contributed by atoms with Gasteiger partial charge in [-0.3, -0.25) is 0 Å². The maximum absolute atomic E-state index is 5.37. The molecule has 0 radical (unpaired) electrons. The number of hydrogen-bond acceptors (Lipinski definition) is 1. The number of hydrogen-bond donors (Lipinski definition) is 0. The van der Waals surface area contributed by atoms with Gasteiger partial charge in [0.2, 0.25) is 0 Å². The van der Waals surface area contributed by atoms with Crippen molar-refractivity contribution in [3.05, 3.63) is 0 Å². The van der Waals surface area contributed by atoms with Crippen molar-refractivity contribution in [3.63, 3.8) is 0 Å². The molecule has 0 aromatic heterocycles. The van der Waals surface area contributed by atoms with Crippen molar-refractivity contribution in [2.45, 2.75) is 45.1 Å². The fraction of sp³-hybridized carbons (Fsp3) is 0.900. The number of thiocarbonyl (C=S) groups is 1. The van der Waals surface area contributed by atoms with E-state index < -0.39 is 0 Å². The van der Waals surface area contributed by atoms with E-state index in [0.29, 0.717) is 0 Å². The predicted molar refractivity (Wildman–Crippen MR) is 55.3 cm³/mol. The largest absolute Gasteiger partial charge is 0.363 e. The highest BCUT2D eigenvalue weighted by atomic mass is 32.1. The molecular formula is C10H17NS. The lowest BCUT2D eigenvalue weighted by Gasteiger charge is -2.46. The monoisotopic (exact) mass is 183 g/mol. The fourth-order valence-electron chi connectivity index (χ4n) is 2.57. The highest BCUT2D eigenvalue weighted by Crippen LogP contribution is 2.35. The van der Waals surface area contributed by atoms with Gasteiger partial charge in [-0.1, -0.05) is 19.1 Å². The van der Waals surface area contributed by atoms with Gasteiger partial charge in [-0.15, -0.1) is 0 Å². The van der Waals surface area contributed by atoms with Crippen LogP contribution in [0.3, 0.4) is 0 Å². The standard InChI is InChI=1S/C10H17NS/c1-2-10(12)11-7-8-3-5-9(11)6-4-8/h8-9H,2-7H2,1H3. The molecule has 1 saturated carbocycles. The molecule has 0 N–H and O–H groups in total. The van der Waals surface area contributed by atoms with Crippen LogP contribution in [0.5, 0.6) is 0 Å². The van der Waals surface area contributed by atoms with Crippen LogP contribution >= 0.6 is 12.2 Å². The smallest absolute Gasteiger partial charge is 0.0779 e. The molecule has 2 heteroatoms. The molecule has 2 bridgehead atoms. The summed E-state index contributed by atoms with van der Waals surface area (Å²) in [5.41, 5.74) is 0. The molecule has 0 amide bonds. The van der Waals surface area contributed by atoms with Crippen LogP contribution in [0.2, 0.25) is 0 Å². The van der Waals surface area contributed by atoms with Crippen molar-refractivity contribution in [1.29, 1.82) is 0 Å². The normalized spacial score (nSPS) is 33.9. The lowest BCUT2D eigenvalue weighted by Crippen LogP contribution is -2.50. The van der Waals surface area contributed by atoms with Gasteiger partial charge < -0.3 is 4.90 Å². The number of nitrogens with zero attached hydrogens (tertiary/aromatic N) is 1. The third kappa shape index (κ3) is 1.37. The Labute approximate surface area is 80.1 Å². The van der Waals surface area contributed by atoms with Crippen molar-refractivity contribution >= 4 is 17.2 Å². The van der Waals surface area contributed by atoms with Crippen LogP contribution in [0, 0.1) is 5.92 Å². The van der Waals surface area contributed by atoms with Gasteiger partial charge in [0.15, 0.2) is 0 Å². The number of fused-ring (bicyclic) bond motifs is 3. The fourth-order valence-corrected chi connectivity index (χ4v) is 2.80. The van der Waals surface area contributed by atoms with E-state index in [9.17, 15) is 0 Å². The molecule has 12 heavy (non-hydrogen) atoms. The maximum atomic E-state index is 5.37. The molecule has 0 spiro atoms. The third-order valence-electron chi connectivity index (χ3n) is 3.33. The van der Waals surface area contributed by atoms with Crippen LogP contribution in [0.25, 0.3) is 0 Å². The summed E-state index contributed by atoms with van der Waals surface area (Å²) in [6.07, 6.45) is 6.75. The van der Waals surface area contributed by atoms with E-state index in [4.69, 9.17) is 12.2 Å². The Bertz CT molecular complexity index is 182. The van der Waals surface area contributed by atoms with Crippen LogP contribution in [0.4, 0.5) is 0 Å². The molecule has 3 rings (SSSR count). The van der Waals surface area contributed by atoms with E-state index in [0.717, 1.165) is 18.4 Å². The van der Waals surface area contributed by atoms with Crippen molar-refractivity contribution in [3.8, 4) is 0 Å². The molecule has 2 aliphatic heterocycles. The Morgan fingerprint density at radius 1 is 1.33 bits per heavy atom. The maximum Gasteiger partial charge on any atom is 0.0779 e. The van der Waals surface area contributed by atoms with Crippen LogP contribution in [-0.4, -0.2) is 22.5 Å². The zero-order valence-corrected chi connectivity index (χ0v) is 8.57. The molecule has 0 aromatic rings. The van der Waals surface area contributed by atoms with Gasteiger partial charge in [0.05, 0.1) is 4.99 Å². The van der Waals surface area contributed by atoms with Gasteiger partial charge in [-0.05, 0) is 38.0 Å². The van der Waals surface area contributed by atoms with Crippen molar-refractivity contribution in [1.82, 2.24) is 4.90 Å². The molecule has 2 saturated heterocycles. The average Bonchev–Trinajstić information content (AvgIpc) is 2.18. The Hall–Kier alpha value is -0.110. The minimum Gasteiger partial charge on any atom is -0.363 e. The van der Waals surface area contributed by atoms with Crippen LogP contribution in [-0.2, 0) is 0 Å². The summed E-state index contributed by atoms with van der Waals surface area (Å²) in [5, 5.41) is 0. The lowest BCUT2D eigenvalue weighted by atomic mass is 9.80. The first-order valence-corrected chi connectivity index (χ1v) is 5.51. The Morgan fingerprint density at radius 2 is 2.00 bits per heavy atom. The van der Waals surface area contributed by atoms with Crippen LogP contribution in [0.15, 0.2) is 0 Å². The van der Waals surface area contributed by atoms with Crippen LogP contribution in [0.1, 0.15) is 39.0 Å². The Morgan fingerprint density at radius 3 is 2.42 bits per heavy atom. The Kier molecular flexibility index (Phi) is 2.35. The molecule has 3 fully saturated rings. The molecule has 2 heterocycles. The first-order valence-electron chi connectivity index (χ1n) is 5.10. The molecule has 3 aliphatic rings. The van der Waals surface area contributed by atoms with E-state index >= 15 is 0 Å². The van der Waals surface area contributed by atoms with E-state index in [2.05, 4.69) is 11.8 Å².